The number of carbonyl (C=O) groups is 1. The number of ether oxygens (including phenoxy) is 2. The topological polar surface area (TPSA) is 149 Å². The van der Waals surface area contributed by atoms with E-state index in [1.54, 1.807) is 0 Å². The number of rotatable bonds is 68. The van der Waals surface area contributed by atoms with Gasteiger partial charge in [-0.3, -0.25) is 4.79 Å². The number of aliphatic hydroxyl groups excluding tert-OH is 5. The average Bonchev–Trinajstić information content (AvgIpc) is 3.50. The summed E-state index contributed by atoms with van der Waals surface area (Å²) in [5.41, 5.74) is 0. The second kappa shape index (κ2) is 64.2. The Labute approximate surface area is 516 Å². The molecule has 1 saturated heterocycles. The fraction of sp³-hybridized carbons (Fsp3) is 0.986. The van der Waals surface area contributed by atoms with E-state index in [0.717, 1.165) is 38.5 Å². The zero-order valence-corrected chi connectivity index (χ0v) is 55.8. The lowest BCUT2D eigenvalue weighted by Crippen LogP contribution is -2.60. The number of hydrogen-bond acceptors (Lipinski definition) is 8. The molecule has 7 unspecified atom stereocenters. The Bertz CT molecular complexity index is 1270. The summed E-state index contributed by atoms with van der Waals surface area (Å²) in [5.74, 6) is -0.132. The highest BCUT2D eigenvalue weighted by Gasteiger charge is 2.44. The fourth-order valence-corrected chi connectivity index (χ4v) is 12.8. The van der Waals surface area contributed by atoms with Crippen molar-refractivity contribution < 1.29 is 39.8 Å². The van der Waals surface area contributed by atoms with E-state index in [2.05, 4.69) is 19.2 Å². The Morgan fingerprint density at radius 2 is 0.602 bits per heavy atom. The molecule has 6 N–H and O–H groups in total. The molecule has 1 aliphatic rings. The summed E-state index contributed by atoms with van der Waals surface area (Å²) in [6.45, 7) is 3.92. The van der Waals surface area contributed by atoms with Crippen molar-refractivity contribution in [3.63, 3.8) is 0 Å². The maximum absolute atomic E-state index is 13.2. The molecule has 0 aromatic heterocycles. The summed E-state index contributed by atoms with van der Waals surface area (Å²) < 4.78 is 11.4. The van der Waals surface area contributed by atoms with E-state index >= 15 is 0 Å². The third kappa shape index (κ3) is 52.8. The fourth-order valence-electron chi connectivity index (χ4n) is 12.8. The minimum Gasteiger partial charge on any atom is -0.394 e. The van der Waals surface area contributed by atoms with Crippen molar-refractivity contribution in [3.05, 3.63) is 0 Å². The van der Waals surface area contributed by atoms with Gasteiger partial charge in [-0.25, -0.2) is 0 Å². The molecule has 1 rings (SSSR count). The molecule has 0 saturated carbocycles. The van der Waals surface area contributed by atoms with Crippen molar-refractivity contribution in [1.82, 2.24) is 5.32 Å². The van der Waals surface area contributed by atoms with Crippen LogP contribution in [0.5, 0.6) is 0 Å². The Balaban J connectivity index is 2.06. The first-order chi connectivity index (χ1) is 40.8. The van der Waals surface area contributed by atoms with E-state index in [0.29, 0.717) is 12.8 Å². The van der Waals surface area contributed by atoms with Gasteiger partial charge in [0.25, 0.3) is 0 Å². The summed E-state index contributed by atoms with van der Waals surface area (Å²) in [6, 6.07) is -0.716. The first kappa shape index (κ1) is 80.2. The molecular weight excluding hydrogens is 1030 g/mol. The minimum atomic E-state index is -1.55. The molecule has 1 aliphatic heterocycles. The molecule has 1 amide bonds. The van der Waals surface area contributed by atoms with Crippen molar-refractivity contribution in [2.24, 2.45) is 0 Å². The van der Waals surface area contributed by atoms with Gasteiger partial charge in [-0.15, -0.1) is 0 Å². The van der Waals surface area contributed by atoms with Crippen LogP contribution in [0.15, 0.2) is 0 Å². The largest absolute Gasteiger partial charge is 0.394 e. The summed E-state index contributed by atoms with van der Waals surface area (Å²) in [7, 11) is 0. The third-order valence-electron chi connectivity index (χ3n) is 18.7. The number of carbonyl (C=O) groups excluding carboxylic acids is 1. The highest BCUT2D eigenvalue weighted by Crippen LogP contribution is 2.24. The van der Waals surface area contributed by atoms with Crippen LogP contribution in [0.4, 0.5) is 0 Å². The van der Waals surface area contributed by atoms with E-state index < -0.39 is 49.5 Å². The van der Waals surface area contributed by atoms with Crippen molar-refractivity contribution in [1.29, 1.82) is 0 Å². The lowest BCUT2D eigenvalue weighted by molar-refractivity contribution is -0.302. The molecule has 0 radical (unpaired) electrons. The molecule has 1 heterocycles. The van der Waals surface area contributed by atoms with Gasteiger partial charge in [0.05, 0.1) is 25.4 Å². The van der Waals surface area contributed by atoms with Gasteiger partial charge in [-0.1, -0.05) is 393 Å². The van der Waals surface area contributed by atoms with E-state index in [1.807, 2.05) is 0 Å². The van der Waals surface area contributed by atoms with Crippen molar-refractivity contribution >= 4 is 5.91 Å². The van der Waals surface area contributed by atoms with Gasteiger partial charge < -0.3 is 40.3 Å². The zero-order valence-electron chi connectivity index (χ0n) is 55.8. The Morgan fingerprint density at radius 3 is 0.855 bits per heavy atom. The molecule has 0 aromatic carbocycles. The SMILES string of the molecule is CCCCCCCCCCCCCCCCCCCCCCCCCCCCCCCCCCC(O)C(COC1OC(CO)C(O)C(O)C1O)NC(=O)CCCCCCCCCCCCCCCCCCCCCCCCCCCCCC. The molecule has 9 heteroatoms. The Hall–Kier alpha value is -0.810. The van der Waals surface area contributed by atoms with Gasteiger partial charge in [0.1, 0.15) is 24.4 Å². The number of hydrogen-bond donors (Lipinski definition) is 6. The molecule has 0 aromatic rings. The summed E-state index contributed by atoms with van der Waals surface area (Å²) in [5, 5.41) is 55.0. The highest BCUT2D eigenvalue weighted by atomic mass is 16.7. The van der Waals surface area contributed by atoms with E-state index in [4.69, 9.17) is 9.47 Å². The summed E-state index contributed by atoms with van der Waals surface area (Å²) in [4.78, 5) is 13.2. The van der Waals surface area contributed by atoms with Crippen molar-refractivity contribution in [3.8, 4) is 0 Å². The third-order valence-corrected chi connectivity index (χ3v) is 18.7. The molecule has 0 aliphatic carbocycles. The van der Waals surface area contributed by atoms with Crippen molar-refractivity contribution in [2.75, 3.05) is 13.2 Å². The molecule has 9 nitrogen and oxygen atoms in total. The molecule has 496 valence electrons. The van der Waals surface area contributed by atoms with Crippen LogP contribution in [0.1, 0.15) is 412 Å². The summed E-state index contributed by atoms with van der Waals surface area (Å²) in [6.07, 6.45) is 74.8. The van der Waals surface area contributed by atoms with Gasteiger partial charge in [-0.05, 0) is 12.8 Å². The van der Waals surface area contributed by atoms with E-state index in [1.165, 1.54) is 347 Å². The standard InChI is InChI=1S/C74H147NO8/c1-3-5-7-9-11-13-15-17-19-21-23-25-27-29-31-33-34-35-36-37-39-41-43-45-47-49-51-53-55-57-59-61-63-68(77)67(66-82-74-73(81)72(80)71(79)69(65-76)83-74)75-70(78)64-62-60-58-56-54-52-50-48-46-44-42-40-38-32-30-28-26-24-22-20-18-16-14-12-10-8-6-4-2/h67-69,71-74,76-77,79-81H,3-66H2,1-2H3,(H,75,78). The van der Waals surface area contributed by atoms with Crippen molar-refractivity contribution in [2.45, 2.75) is 455 Å². The van der Waals surface area contributed by atoms with E-state index in [9.17, 15) is 30.3 Å². The molecule has 83 heavy (non-hydrogen) atoms. The summed E-state index contributed by atoms with van der Waals surface area (Å²) >= 11 is 0. The first-order valence-electron chi connectivity index (χ1n) is 37.7. The smallest absolute Gasteiger partial charge is 0.220 e. The minimum absolute atomic E-state index is 0.130. The lowest BCUT2D eigenvalue weighted by atomic mass is 9.99. The molecule has 0 bridgehead atoms. The predicted octanol–water partition coefficient (Wildman–Crippen LogP) is 20.9. The molecular formula is C74H147NO8. The van der Waals surface area contributed by atoms with Crippen LogP contribution < -0.4 is 5.32 Å². The Morgan fingerprint density at radius 1 is 0.361 bits per heavy atom. The average molecular weight is 1180 g/mol. The van der Waals surface area contributed by atoms with Crippen LogP contribution in [0, 0.1) is 0 Å². The van der Waals surface area contributed by atoms with Gasteiger partial charge in [0, 0.05) is 6.42 Å². The van der Waals surface area contributed by atoms with Crippen LogP contribution in [-0.4, -0.2) is 87.5 Å². The zero-order chi connectivity index (χ0) is 60.0. The number of nitrogens with one attached hydrogen (secondary N) is 1. The van der Waals surface area contributed by atoms with Crippen LogP contribution in [-0.2, 0) is 14.3 Å². The maximum Gasteiger partial charge on any atom is 0.220 e. The normalized spacial score (nSPS) is 18.1. The van der Waals surface area contributed by atoms with Crippen LogP contribution in [0.2, 0.25) is 0 Å². The Kier molecular flexibility index (Phi) is 62.0. The highest BCUT2D eigenvalue weighted by molar-refractivity contribution is 5.76. The maximum atomic E-state index is 13.2. The predicted molar refractivity (Wildman–Crippen MR) is 355 cm³/mol. The monoisotopic (exact) mass is 1180 g/mol. The second-order valence-corrected chi connectivity index (χ2v) is 26.8. The first-order valence-corrected chi connectivity index (χ1v) is 37.7. The van der Waals surface area contributed by atoms with Gasteiger partial charge in [0.15, 0.2) is 6.29 Å². The number of unbranched alkanes of at least 4 members (excludes halogenated alkanes) is 58. The van der Waals surface area contributed by atoms with Gasteiger partial charge >= 0.3 is 0 Å². The van der Waals surface area contributed by atoms with E-state index in [-0.39, 0.29) is 12.5 Å². The van der Waals surface area contributed by atoms with Crippen LogP contribution in [0.3, 0.4) is 0 Å². The van der Waals surface area contributed by atoms with Crippen LogP contribution in [0.25, 0.3) is 0 Å². The van der Waals surface area contributed by atoms with Gasteiger partial charge in [0.2, 0.25) is 5.91 Å². The lowest BCUT2D eigenvalue weighted by Gasteiger charge is -2.40. The van der Waals surface area contributed by atoms with Gasteiger partial charge in [-0.2, -0.15) is 0 Å². The molecule has 7 atom stereocenters. The molecule has 0 spiro atoms. The van der Waals surface area contributed by atoms with Crippen LogP contribution >= 0.6 is 0 Å². The molecule has 1 fully saturated rings. The number of aliphatic hydroxyl groups is 5. The quantitative estimate of drug-likeness (QED) is 0.0330. The second-order valence-electron chi connectivity index (χ2n) is 26.8. The number of amides is 1.